The monoisotopic (exact) mass is 1390 g/mol. The van der Waals surface area contributed by atoms with Crippen molar-refractivity contribution in [3.63, 3.8) is 0 Å². The molecule has 5 fully saturated rings. The standard InChI is InChI=1S/C22H30N2.C19H20F3N3O.C19H27N5O2.C19H28N4O2/c1-18-7-6-10-21(15-18)16-19(2)23-22-11-13-24(14-12-22)17-20-8-4-3-5-9-20;20-19(21,22)15-5-4-6-16(13-15)23-18(26)14-24-9-11-25(12-10-24)17-7-2-1-3-8-17;1-26-14-13-24-12-9-18(22-24)21-19(25)20-17-7-10-23(11-8-17)15-16-5-3-2-4-6-16;1-14-12-16(9-11-23(14)13-15-6-3-2-4-7-15)21-19(25)22-17-8-5-10-20-18(17)24/h3-10,15,19,22-23H,11-14,16-17H2,1-2H3;1-8,13H,9-12,14H2,(H,23,26);2-6,9,12,17H,7-8,10-11,13-15H2,1H3,(H2,20,21,22,25);2-4,6-7,14,16-17H,5,8-13H2,1H3,(H,20,24)(H2,21,22,25). The van der Waals surface area contributed by atoms with Gasteiger partial charge in [-0.2, -0.15) is 18.3 Å². The smallest absolute Gasteiger partial charge is 0.383 e. The fraction of sp³-hybridized carbons (Fsp3) is 0.456. The molecule has 1 aromatic heterocycles. The Bertz CT molecular complexity index is 3570. The number of urea groups is 2. The SMILES string of the molecule is CC1CC(NC(=O)NC2CCCNC2=O)CCN1Cc1ccccc1.COCCn1ccc(NC(=O)NC2CCN(Cc3ccccc3)CC2)n1.Cc1cccc(CC(C)NC2CCN(Cc3ccccc3)CC2)c1.O=C(CN1CCN(c2ccccc2)CC1)Nc1cccc(C(F)(F)F)c1. The highest BCUT2D eigenvalue weighted by molar-refractivity contribution is 5.92. The molecule has 5 aliphatic rings. The van der Waals surface area contributed by atoms with Crippen LogP contribution in [0.15, 0.2) is 182 Å². The predicted molar refractivity (Wildman–Crippen MR) is 395 cm³/mol. The van der Waals surface area contributed by atoms with Crippen LogP contribution in [0, 0.1) is 6.92 Å². The third kappa shape index (κ3) is 27.0. The molecule has 0 bridgehead atoms. The van der Waals surface area contributed by atoms with Crippen molar-refractivity contribution in [2.24, 2.45) is 0 Å². The normalized spacial score (nSPS) is 19.1. The predicted octanol–water partition coefficient (Wildman–Crippen LogP) is 11.6. The molecule has 19 nitrogen and oxygen atoms in total. The van der Waals surface area contributed by atoms with E-state index in [0.717, 1.165) is 122 Å². The molecule has 7 aromatic rings. The van der Waals surface area contributed by atoms with Gasteiger partial charge in [-0.3, -0.25) is 39.2 Å². The van der Waals surface area contributed by atoms with Crippen LogP contribution >= 0.6 is 0 Å². The lowest BCUT2D eigenvalue weighted by molar-refractivity contribution is -0.137. The highest BCUT2D eigenvalue weighted by Gasteiger charge is 2.32. The van der Waals surface area contributed by atoms with Crippen molar-refractivity contribution in [2.75, 3.05) is 101 Å². The van der Waals surface area contributed by atoms with Crippen molar-refractivity contribution in [1.82, 2.24) is 56.0 Å². The summed E-state index contributed by atoms with van der Waals surface area (Å²) in [5, 5.41) is 25.2. The van der Waals surface area contributed by atoms with Crippen molar-refractivity contribution in [2.45, 2.75) is 147 Å². The largest absolute Gasteiger partial charge is 0.416 e. The van der Waals surface area contributed by atoms with Crippen LogP contribution in [0.3, 0.4) is 0 Å². The first-order valence-electron chi connectivity index (χ1n) is 36.0. The number of anilines is 3. The maximum absolute atomic E-state index is 12.7. The third-order valence-corrected chi connectivity index (χ3v) is 19.1. The minimum Gasteiger partial charge on any atom is -0.383 e. The lowest BCUT2D eigenvalue weighted by atomic mass is 9.97. The maximum Gasteiger partial charge on any atom is 0.416 e. The summed E-state index contributed by atoms with van der Waals surface area (Å²) >= 11 is 0. The van der Waals surface area contributed by atoms with Gasteiger partial charge in [0.05, 0.1) is 25.3 Å². The van der Waals surface area contributed by atoms with E-state index in [9.17, 15) is 32.3 Å². The molecule has 0 saturated carbocycles. The van der Waals surface area contributed by atoms with Gasteiger partial charge >= 0.3 is 18.2 Å². The highest BCUT2D eigenvalue weighted by atomic mass is 19.4. The number of piperidine rings is 4. The van der Waals surface area contributed by atoms with E-state index in [1.54, 1.807) is 17.9 Å². The maximum atomic E-state index is 12.7. The Morgan fingerprint density at radius 3 is 1.77 bits per heavy atom. The summed E-state index contributed by atoms with van der Waals surface area (Å²) in [5.74, 6) is 0.171. The van der Waals surface area contributed by atoms with E-state index < -0.39 is 17.8 Å². The van der Waals surface area contributed by atoms with E-state index in [1.807, 2.05) is 41.4 Å². The molecule has 4 unspecified atom stereocenters. The number of amides is 6. The lowest BCUT2D eigenvalue weighted by Crippen LogP contribution is -2.56. The second-order valence-corrected chi connectivity index (χ2v) is 27.2. The number of piperazine rings is 1. The van der Waals surface area contributed by atoms with E-state index in [1.165, 1.54) is 65.9 Å². The second kappa shape index (κ2) is 40.1. The van der Waals surface area contributed by atoms with Crippen LogP contribution < -0.4 is 42.1 Å². The summed E-state index contributed by atoms with van der Waals surface area (Å²) in [4.78, 5) is 60.0. The summed E-state index contributed by atoms with van der Waals surface area (Å²) in [6.07, 6.45) is 6.44. The minimum atomic E-state index is -4.42. The molecule has 7 N–H and O–H groups in total. The fourth-order valence-electron chi connectivity index (χ4n) is 13.6. The molecule has 5 saturated heterocycles. The van der Waals surface area contributed by atoms with E-state index >= 15 is 0 Å². The molecule has 101 heavy (non-hydrogen) atoms. The number of likely N-dealkylation sites (tertiary alicyclic amines) is 3. The third-order valence-electron chi connectivity index (χ3n) is 19.1. The van der Waals surface area contributed by atoms with Crippen LogP contribution in [0.25, 0.3) is 0 Å². The number of nitrogens with one attached hydrogen (secondary N) is 7. The van der Waals surface area contributed by atoms with Gasteiger partial charge in [0, 0.05) is 133 Å². The minimum absolute atomic E-state index is 0.0764. The molecule has 6 amide bonds. The number of carbonyl (C=O) groups is 4. The van der Waals surface area contributed by atoms with Crippen molar-refractivity contribution < 1.29 is 37.1 Å². The zero-order valence-corrected chi connectivity index (χ0v) is 59.3. The van der Waals surface area contributed by atoms with Gasteiger partial charge in [-0.15, -0.1) is 0 Å². The highest BCUT2D eigenvalue weighted by Crippen LogP contribution is 2.31. The molecule has 5 aliphatic heterocycles. The van der Waals surface area contributed by atoms with Gasteiger partial charge in [-0.05, 0) is 144 Å². The Morgan fingerprint density at radius 1 is 0.604 bits per heavy atom. The average Bonchev–Trinajstić information content (AvgIpc) is 1.51. The number of hydrogen-bond acceptors (Lipinski definition) is 12. The zero-order chi connectivity index (χ0) is 71.2. The van der Waals surface area contributed by atoms with Gasteiger partial charge < -0.3 is 41.5 Å². The van der Waals surface area contributed by atoms with Crippen molar-refractivity contribution >= 4 is 41.1 Å². The molecule has 6 heterocycles. The molecule has 0 aliphatic carbocycles. The number of carbonyl (C=O) groups excluding carboxylic acids is 4. The number of halogens is 3. The van der Waals surface area contributed by atoms with Gasteiger partial charge in [0.25, 0.3) is 0 Å². The zero-order valence-electron chi connectivity index (χ0n) is 59.3. The Hall–Kier alpha value is -8.64. The number of aromatic nitrogens is 2. The van der Waals surface area contributed by atoms with Crippen LogP contribution in [0.1, 0.15) is 98.6 Å². The quantitative estimate of drug-likeness (QED) is 0.0360. The number of hydrogen-bond donors (Lipinski definition) is 7. The number of aryl methyl sites for hydroxylation is 1. The Kier molecular flexibility index (Phi) is 30.4. The summed E-state index contributed by atoms with van der Waals surface area (Å²) in [6, 6.07) is 58.4. The van der Waals surface area contributed by atoms with E-state index in [-0.39, 0.29) is 48.2 Å². The van der Waals surface area contributed by atoms with Crippen LogP contribution in [0.4, 0.5) is 40.0 Å². The molecule has 0 radical (unpaired) electrons. The van der Waals surface area contributed by atoms with Gasteiger partial charge in [0.15, 0.2) is 5.82 Å². The summed E-state index contributed by atoms with van der Waals surface area (Å²) in [7, 11) is 1.65. The molecular formula is C79H105F3N14O5. The van der Waals surface area contributed by atoms with Crippen molar-refractivity contribution in [3.05, 3.63) is 216 Å². The van der Waals surface area contributed by atoms with Crippen LogP contribution in [0.5, 0.6) is 0 Å². The van der Waals surface area contributed by atoms with Crippen molar-refractivity contribution in [1.29, 1.82) is 0 Å². The Labute approximate surface area is 595 Å². The second-order valence-electron chi connectivity index (χ2n) is 27.2. The van der Waals surface area contributed by atoms with E-state index in [0.29, 0.717) is 50.1 Å². The first-order valence-corrected chi connectivity index (χ1v) is 36.0. The Balaban J connectivity index is 0.000000157. The van der Waals surface area contributed by atoms with Gasteiger partial charge in [0.2, 0.25) is 11.8 Å². The number of ether oxygens (including phenoxy) is 1. The summed E-state index contributed by atoms with van der Waals surface area (Å²) in [6.45, 7) is 20.2. The van der Waals surface area contributed by atoms with Crippen LogP contribution in [-0.4, -0.2) is 175 Å². The topological polar surface area (TPSA) is 196 Å². The molecule has 12 rings (SSSR count). The van der Waals surface area contributed by atoms with Gasteiger partial charge in [-0.25, -0.2) is 9.59 Å². The lowest BCUT2D eigenvalue weighted by Gasteiger charge is -2.38. The number of nitrogens with zero attached hydrogens (tertiary/aromatic N) is 7. The molecule has 542 valence electrons. The molecule has 0 spiro atoms. The number of alkyl halides is 3. The van der Waals surface area contributed by atoms with Gasteiger partial charge in [0.1, 0.15) is 6.04 Å². The average molecular weight is 1390 g/mol. The van der Waals surface area contributed by atoms with Crippen LogP contribution in [-0.2, 0) is 53.1 Å². The first-order chi connectivity index (χ1) is 48.9. The van der Waals surface area contributed by atoms with Crippen LogP contribution in [0.2, 0.25) is 0 Å². The number of rotatable bonds is 21. The fourth-order valence-corrected chi connectivity index (χ4v) is 13.6. The van der Waals surface area contributed by atoms with Gasteiger partial charge in [-0.1, -0.05) is 145 Å². The number of benzene rings is 6. The number of para-hydroxylation sites is 1. The van der Waals surface area contributed by atoms with E-state index in [2.05, 4.69) is 198 Å². The first kappa shape index (κ1) is 76.5. The molecule has 6 aromatic carbocycles. The number of methoxy groups -OCH3 is 1. The molecular weight excluding hydrogens is 1280 g/mol. The summed E-state index contributed by atoms with van der Waals surface area (Å²) in [5.41, 5.74) is 7.42. The molecule has 22 heteroatoms. The summed E-state index contributed by atoms with van der Waals surface area (Å²) < 4.78 is 45.0. The van der Waals surface area contributed by atoms with Crippen molar-refractivity contribution in [3.8, 4) is 0 Å². The van der Waals surface area contributed by atoms with E-state index in [4.69, 9.17) is 4.74 Å². The molecule has 4 atom stereocenters. The Morgan fingerprint density at radius 2 is 1.18 bits per heavy atom.